The van der Waals surface area contributed by atoms with E-state index < -0.39 is 0 Å². The highest BCUT2D eigenvalue weighted by atomic mass is 32.1. The molecule has 1 aromatic rings. The molecule has 0 spiro atoms. The third-order valence-electron chi connectivity index (χ3n) is 3.72. The van der Waals surface area contributed by atoms with Crippen molar-refractivity contribution in [2.24, 2.45) is 5.92 Å². The molecule has 1 aliphatic carbocycles. The molecule has 18 heavy (non-hydrogen) atoms. The summed E-state index contributed by atoms with van der Waals surface area (Å²) < 4.78 is 0. The first kappa shape index (κ1) is 14.0. The van der Waals surface area contributed by atoms with E-state index in [1.165, 1.54) is 43.8 Å². The zero-order valence-corrected chi connectivity index (χ0v) is 12.5. The lowest BCUT2D eigenvalue weighted by Gasteiger charge is -2.22. The van der Waals surface area contributed by atoms with Crippen LogP contribution in [0.4, 0.5) is 0 Å². The molecule has 1 atom stereocenters. The Balaban J connectivity index is 1.76. The molecule has 1 heterocycles. The van der Waals surface area contributed by atoms with Gasteiger partial charge in [0, 0.05) is 24.0 Å². The predicted octanol–water partition coefficient (Wildman–Crippen LogP) is 3.52. The van der Waals surface area contributed by atoms with Gasteiger partial charge >= 0.3 is 0 Å². The molecule has 0 bridgehead atoms. The van der Waals surface area contributed by atoms with E-state index in [0.29, 0.717) is 6.04 Å². The van der Waals surface area contributed by atoms with E-state index in [2.05, 4.69) is 41.6 Å². The summed E-state index contributed by atoms with van der Waals surface area (Å²) in [5, 5.41) is 5.97. The Kier molecular flexibility index (Phi) is 5.67. The van der Waals surface area contributed by atoms with Crippen molar-refractivity contribution in [3.8, 4) is 0 Å². The first-order valence-corrected chi connectivity index (χ1v) is 8.22. The average Bonchev–Trinajstić information content (AvgIpc) is 3.08. The Labute approximate surface area is 115 Å². The standard InChI is InChI=1S/C15H26N2S/c1-3-10-17(4-2)11-9-16-15(13-7-8-13)14-6-5-12-18-14/h5-6,12-13,15-16H,3-4,7-11H2,1-2H3. The van der Waals surface area contributed by atoms with E-state index in [0.717, 1.165) is 12.5 Å². The van der Waals surface area contributed by atoms with Gasteiger partial charge in [0.15, 0.2) is 0 Å². The molecular formula is C15H26N2S. The smallest absolute Gasteiger partial charge is 0.0443 e. The molecule has 1 fully saturated rings. The third-order valence-corrected chi connectivity index (χ3v) is 4.68. The summed E-state index contributed by atoms with van der Waals surface area (Å²) in [6.45, 7) is 9.21. The van der Waals surface area contributed by atoms with Crippen molar-refractivity contribution in [3.05, 3.63) is 22.4 Å². The number of nitrogens with one attached hydrogen (secondary N) is 1. The van der Waals surface area contributed by atoms with Crippen LogP contribution >= 0.6 is 11.3 Å². The van der Waals surface area contributed by atoms with Crippen LogP contribution in [0.15, 0.2) is 17.5 Å². The van der Waals surface area contributed by atoms with Gasteiger partial charge in [-0.05, 0) is 49.7 Å². The van der Waals surface area contributed by atoms with Crippen molar-refractivity contribution in [2.45, 2.75) is 39.2 Å². The number of hydrogen-bond donors (Lipinski definition) is 1. The predicted molar refractivity (Wildman–Crippen MR) is 80.2 cm³/mol. The molecule has 1 aromatic heterocycles. The second-order valence-electron chi connectivity index (χ2n) is 5.22. The number of rotatable bonds is 9. The number of likely N-dealkylation sites (N-methyl/N-ethyl adjacent to an activating group) is 1. The normalized spacial score (nSPS) is 17.3. The zero-order valence-electron chi connectivity index (χ0n) is 11.7. The molecule has 1 unspecified atom stereocenters. The average molecular weight is 266 g/mol. The van der Waals surface area contributed by atoms with Crippen molar-refractivity contribution in [1.82, 2.24) is 10.2 Å². The van der Waals surface area contributed by atoms with E-state index in [1.807, 2.05) is 11.3 Å². The van der Waals surface area contributed by atoms with E-state index in [1.54, 1.807) is 0 Å². The van der Waals surface area contributed by atoms with Gasteiger partial charge in [-0.1, -0.05) is 19.9 Å². The number of hydrogen-bond acceptors (Lipinski definition) is 3. The third kappa shape index (κ3) is 4.08. The maximum absolute atomic E-state index is 3.78. The van der Waals surface area contributed by atoms with Crippen molar-refractivity contribution < 1.29 is 0 Å². The maximum Gasteiger partial charge on any atom is 0.0443 e. The maximum atomic E-state index is 3.78. The van der Waals surface area contributed by atoms with Crippen LogP contribution < -0.4 is 5.32 Å². The molecule has 0 radical (unpaired) electrons. The molecule has 102 valence electrons. The fourth-order valence-electron chi connectivity index (χ4n) is 2.52. The van der Waals surface area contributed by atoms with Crippen LogP contribution in [-0.2, 0) is 0 Å². The Bertz CT molecular complexity index is 319. The minimum Gasteiger partial charge on any atom is -0.308 e. The molecule has 1 aliphatic rings. The summed E-state index contributed by atoms with van der Waals surface area (Å²) in [5.41, 5.74) is 0. The molecule has 2 nitrogen and oxygen atoms in total. The van der Waals surface area contributed by atoms with Crippen molar-refractivity contribution in [2.75, 3.05) is 26.2 Å². The first-order valence-electron chi connectivity index (χ1n) is 7.34. The van der Waals surface area contributed by atoms with Gasteiger partial charge in [-0.25, -0.2) is 0 Å². The van der Waals surface area contributed by atoms with E-state index in [9.17, 15) is 0 Å². The molecule has 0 aromatic carbocycles. The van der Waals surface area contributed by atoms with Gasteiger partial charge in [0.2, 0.25) is 0 Å². The van der Waals surface area contributed by atoms with Gasteiger partial charge in [-0.3, -0.25) is 0 Å². The molecule has 1 N–H and O–H groups in total. The van der Waals surface area contributed by atoms with Gasteiger partial charge in [0.05, 0.1) is 0 Å². The van der Waals surface area contributed by atoms with E-state index >= 15 is 0 Å². The van der Waals surface area contributed by atoms with Gasteiger partial charge < -0.3 is 10.2 Å². The molecule has 2 rings (SSSR count). The Morgan fingerprint density at radius 3 is 2.78 bits per heavy atom. The summed E-state index contributed by atoms with van der Waals surface area (Å²) in [6.07, 6.45) is 4.06. The molecule has 3 heteroatoms. The second kappa shape index (κ2) is 7.27. The first-order chi connectivity index (χ1) is 8.85. The van der Waals surface area contributed by atoms with Crippen molar-refractivity contribution in [1.29, 1.82) is 0 Å². The fourth-order valence-corrected chi connectivity index (χ4v) is 3.41. The molecule has 1 saturated carbocycles. The van der Waals surface area contributed by atoms with Crippen LogP contribution in [0, 0.1) is 5.92 Å². The Morgan fingerprint density at radius 1 is 1.39 bits per heavy atom. The van der Waals surface area contributed by atoms with E-state index in [-0.39, 0.29) is 0 Å². The van der Waals surface area contributed by atoms with Crippen LogP contribution in [-0.4, -0.2) is 31.1 Å². The Morgan fingerprint density at radius 2 is 2.22 bits per heavy atom. The van der Waals surface area contributed by atoms with Crippen LogP contribution in [0.1, 0.15) is 44.0 Å². The number of nitrogens with zero attached hydrogens (tertiary/aromatic N) is 1. The summed E-state index contributed by atoms with van der Waals surface area (Å²) in [7, 11) is 0. The monoisotopic (exact) mass is 266 g/mol. The van der Waals surface area contributed by atoms with Gasteiger partial charge in [0.25, 0.3) is 0 Å². The van der Waals surface area contributed by atoms with Gasteiger partial charge in [-0.15, -0.1) is 11.3 Å². The molecular weight excluding hydrogens is 240 g/mol. The topological polar surface area (TPSA) is 15.3 Å². The summed E-state index contributed by atoms with van der Waals surface area (Å²) in [5.74, 6) is 0.893. The fraction of sp³-hybridized carbons (Fsp3) is 0.733. The highest BCUT2D eigenvalue weighted by Gasteiger charge is 2.32. The molecule has 0 aliphatic heterocycles. The SMILES string of the molecule is CCCN(CC)CCNC(c1cccs1)C1CC1. The quantitative estimate of drug-likeness (QED) is 0.735. The van der Waals surface area contributed by atoms with E-state index in [4.69, 9.17) is 0 Å². The van der Waals surface area contributed by atoms with Crippen LogP contribution in [0.5, 0.6) is 0 Å². The highest BCUT2D eigenvalue weighted by molar-refractivity contribution is 7.10. The second-order valence-corrected chi connectivity index (χ2v) is 6.20. The van der Waals surface area contributed by atoms with Crippen LogP contribution in [0.25, 0.3) is 0 Å². The van der Waals surface area contributed by atoms with Gasteiger partial charge in [-0.2, -0.15) is 0 Å². The lowest BCUT2D eigenvalue weighted by atomic mass is 10.1. The van der Waals surface area contributed by atoms with Crippen LogP contribution in [0.2, 0.25) is 0 Å². The lowest BCUT2D eigenvalue weighted by Crippen LogP contribution is -2.34. The number of thiophene rings is 1. The molecule has 0 amide bonds. The van der Waals surface area contributed by atoms with Crippen LogP contribution in [0.3, 0.4) is 0 Å². The zero-order chi connectivity index (χ0) is 12.8. The lowest BCUT2D eigenvalue weighted by molar-refractivity contribution is 0.280. The summed E-state index contributed by atoms with van der Waals surface area (Å²) in [6, 6.07) is 5.07. The minimum absolute atomic E-state index is 0.616. The minimum atomic E-state index is 0.616. The largest absolute Gasteiger partial charge is 0.308 e. The highest BCUT2D eigenvalue weighted by Crippen LogP contribution is 2.42. The summed E-state index contributed by atoms with van der Waals surface area (Å²) in [4.78, 5) is 4.06. The van der Waals surface area contributed by atoms with Gasteiger partial charge in [0.1, 0.15) is 0 Å². The molecule has 0 saturated heterocycles. The van der Waals surface area contributed by atoms with Crippen molar-refractivity contribution in [3.63, 3.8) is 0 Å². The van der Waals surface area contributed by atoms with Crippen molar-refractivity contribution >= 4 is 11.3 Å². The summed E-state index contributed by atoms with van der Waals surface area (Å²) >= 11 is 1.90. The Hall–Kier alpha value is -0.380.